The lowest BCUT2D eigenvalue weighted by atomic mass is 9.51. The molecule has 0 spiro atoms. The van der Waals surface area contributed by atoms with Crippen molar-refractivity contribution in [3.63, 3.8) is 0 Å². The van der Waals surface area contributed by atoms with Gasteiger partial charge < -0.3 is 14.2 Å². The first-order valence-electron chi connectivity index (χ1n) is 15.6. The topological polar surface area (TPSA) is 61.8 Å². The summed E-state index contributed by atoms with van der Waals surface area (Å²) in [6.45, 7) is 15.8. The lowest BCUT2D eigenvalue weighted by Crippen LogP contribution is -2.49. The molecule has 5 nitrogen and oxygen atoms in total. The number of carbonyl (C=O) groups is 2. The second-order valence-electron chi connectivity index (χ2n) is 13.2. The average molecular weight is 563 g/mol. The van der Waals surface area contributed by atoms with Crippen molar-refractivity contribution in [1.82, 2.24) is 0 Å². The van der Waals surface area contributed by atoms with Gasteiger partial charge in [-0.2, -0.15) is 0 Å². The second-order valence-corrected chi connectivity index (χ2v) is 13.2. The normalized spacial score (nSPS) is 19.5. The molecule has 0 heterocycles. The van der Waals surface area contributed by atoms with Crippen LogP contribution in [0.1, 0.15) is 122 Å². The van der Waals surface area contributed by atoms with E-state index in [4.69, 9.17) is 14.2 Å². The number of hydrogen-bond donors (Lipinski definition) is 0. The number of ketones is 2. The predicted molar refractivity (Wildman–Crippen MR) is 164 cm³/mol. The van der Waals surface area contributed by atoms with Gasteiger partial charge in [-0.15, -0.1) is 0 Å². The summed E-state index contributed by atoms with van der Waals surface area (Å²) in [4.78, 5) is 27.0. The van der Waals surface area contributed by atoms with Crippen LogP contribution in [-0.4, -0.2) is 31.4 Å². The quantitative estimate of drug-likeness (QED) is 0.205. The molecule has 2 aromatic rings. The number of ether oxygens (including phenoxy) is 3. The third-order valence-electron chi connectivity index (χ3n) is 9.21. The van der Waals surface area contributed by atoms with Gasteiger partial charge >= 0.3 is 0 Å². The Morgan fingerprint density at radius 3 is 2.00 bits per heavy atom. The number of rotatable bonds is 16. The minimum atomic E-state index is -0.542. The largest absolute Gasteiger partial charge is 0.493 e. The van der Waals surface area contributed by atoms with Crippen LogP contribution in [0.25, 0.3) is 0 Å². The summed E-state index contributed by atoms with van der Waals surface area (Å²) in [6, 6.07) is 14.4. The minimum Gasteiger partial charge on any atom is -0.493 e. The molecule has 1 unspecified atom stereocenters. The van der Waals surface area contributed by atoms with Crippen LogP contribution in [0.3, 0.4) is 0 Å². The van der Waals surface area contributed by atoms with Gasteiger partial charge in [-0.05, 0) is 100 Å². The van der Waals surface area contributed by atoms with Crippen molar-refractivity contribution in [3.8, 4) is 11.5 Å². The van der Waals surface area contributed by atoms with Crippen molar-refractivity contribution < 1.29 is 23.8 Å². The van der Waals surface area contributed by atoms with Crippen LogP contribution in [0.4, 0.5) is 0 Å². The molecule has 2 saturated carbocycles. The van der Waals surface area contributed by atoms with E-state index in [0.717, 1.165) is 48.3 Å². The molecule has 0 bridgehead atoms. The first kappa shape index (κ1) is 31.3. The molecule has 2 fully saturated rings. The Balaban J connectivity index is 1.61. The summed E-state index contributed by atoms with van der Waals surface area (Å²) >= 11 is 0. The van der Waals surface area contributed by atoms with E-state index in [1.807, 2.05) is 32.0 Å². The van der Waals surface area contributed by atoms with Crippen molar-refractivity contribution in [3.05, 3.63) is 59.2 Å². The van der Waals surface area contributed by atoms with Crippen molar-refractivity contribution in [1.29, 1.82) is 0 Å². The Morgan fingerprint density at radius 2 is 1.51 bits per heavy atom. The fourth-order valence-electron chi connectivity index (χ4n) is 7.07. The van der Waals surface area contributed by atoms with Gasteiger partial charge in [-0.1, -0.05) is 51.1 Å². The Kier molecular flexibility index (Phi) is 10.00. The average Bonchev–Trinajstić information content (AvgIpc) is 3.75. The van der Waals surface area contributed by atoms with Gasteiger partial charge in [-0.3, -0.25) is 9.59 Å². The van der Waals surface area contributed by atoms with Gasteiger partial charge in [0.2, 0.25) is 0 Å². The van der Waals surface area contributed by atoms with E-state index in [9.17, 15) is 9.59 Å². The molecule has 2 aromatic carbocycles. The van der Waals surface area contributed by atoms with E-state index in [2.05, 4.69) is 52.0 Å². The van der Waals surface area contributed by atoms with E-state index in [1.165, 1.54) is 5.56 Å². The minimum absolute atomic E-state index is 0.0646. The van der Waals surface area contributed by atoms with Crippen LogP contribution >= 0.6 is 0 Å². The zero-order chi connectivity index (χ0) is 29.8. The molecule has 224 valence electrons. The van der Waals surface area contributed by atoms with Gasteiger partial charge in [0, 0.05) is 29.9 Å². The van der Waals surface area contributed by atoms with Crippen molar-refractivity contribution in [2.45, 2.75) is 105 Å². The highest BCUT2D eigenvalue weighted by molar-refractivity contribution is 5.92. The smallest absolute Gasteiger partial charge is 0.137 e. The van der Waals surface area contributed by atoms with Crippen LogP contribution in [0.5, 0.6) is 11.5 Å². The lowest BCUT2D eigenvalue weighted by molar-refractivity contribution is -0.147. The van der Waals surface area contributed by atoms with E-state index in [0.29, 0.717) is 38.6 Å². The molecule has 0 radical (unpaired) electrons. The number of carbonyl (C=O) groups excluding carboxylic acids is 2. The maximum absolute atomic E-state index is 14.2. The molecule has 2 aliphatic rings. The van der Waals surface area contributed by atoms with Gasteiger partial charge in [0.05, 0.1) is 19.3 Å². The zero-order valence-electron chi connectivity index (χ0n) is 26.3. The first-order chi connectivity index (χ1) is 19.5. The predicted octanol–water partition coefficient (Wildman–Crippen LogP) is 8.60. The summed E-state index contributed by atoms with van der Waals surface area (Å²) in [7, 11) is 0. The van der Waals surface area contributed by atoms with Gasteiger partial charge in [-0.25, -0.2) is 0 Å². The summed E-state index contributed by atoms with van der Waals surface area (Å²) in [5.41, 5.74) is 2.88. The lowest BCUT2D eigenvalue weighted by Gasteiger charge is -2.52. The molecule has 41 heavy (non-hydrogen) atoms. The Bertz CT molecular complexity index is 1160. The van der Waals surface area contributed by atoms with Gasteiger partial charge in [0.25, 0.3) is 0 Å². The monoisotopic (exact) mass is 562 g/mol. The standard InChI is InChI=1S/C36H50O5/c1-8-39-32-19-29(20-33(40-9-2)34(32)28-15-16-28)24(3)30(17-18-41-25(4)27-13-11-10-12-14-27)31(38)21-36(26(5)37)22-35(6,7)23-36/h10-14,19-20,24-25,28,30H,8-9,15-18,21-23H2,1-7H3/t24-,25-,30?/m1/s1. The number of benzene rings is 2. The molecule has 0 amide bonds. The van der Waals surface area contributed by atoms with E-state index < -0.39 is 5.41 Å². The Labute approximate surface area is 247 Å². The molecule has 4 rings (SSSR count). The molecule has 0 aliphatic heterocycles. The summed E-state index contributed by atoms with van der Waals surface area (Å²) < 4.78 is 18.6. The third kappa shape index (κ3) is 7.41. The molecule has 0 N–H and O–H groups in total. The van der Waals surface area contributed by atoms with E-state index in [-0.39, 0.29) is 34.9 Å². The molecule has 0 saturated heterocycles. The fraction of sp³-hybridized carbons (Fsp3) is 0.611. The molecular weight excluding hydrogens is 512 g/mol. The highest BCUT2D eigenvalue weighted by Gasteiger charge is 2.53. The molecular formula is C36H50O5. The van der Waals surface area contributed by atoms with Crippen molar-refractivity contribution >= 4 is 11.6 Å². The van der Waals surface area contributed by atoms with E-state index in [1.54, 1.807) is 6.92 Å². The second kappa shape index (κ2) is 13.1. The maximum Gasteiger partial charge on any atom is 0.137 e. The molecule has 3 atom stereocenters. The maximum atomic E-state index is 14.2. The number of hydrogen-bond acceptors (Lipinski definition) is 5. The van der Waals surface area contributed by atoms with Crippen LogP contribution in [-0.2, 0) is 14.3 Å². The number of Topliss-reactive ketones (excluding diaryl/α,β-unsaturated/α-hetero) is 2. The van der Waals surface area contributed by atoms with E-state index >= 15 is 0 Å². The highest BCUT2D eigenvalue weighted by Crippen LogP contribution is 2.57. The molecule has 2 aliphatic carbocycles. The van der Waals surface area contributed by atoms with Gasteiger partial charge in [0.15, 0.2) is 0 Å². The van der Waals surface area contributed by atoms with Crippen LogP contribution in [0.15, 0.2) is 42.5 Å². The summed E-state index contributed by atoms with van der Waals surface area (Å²) in [6.07, 6.45) is 4.65. The third-order valence-corrected chi connectivity index (χ3v) is 9.21. The van der Waals surface area contributed by atoms with Gasteiger partial charge in [0.1, 0.15) is 23.1 Å². The SMILES string of the molecule is CCOc1cc([C@@H](C)C(CCO[C@H](C)c2ccccc2)C(=O)CC2(C(C)=O)CC(C)(C)C2)cc(OCC)c1C1CC1. The van der Waals surface area contributed by atoms with Crippen molar-refractivity contribution in [2.75, 3.05) is 19.8 Å². The highest BCUT2D eigenvalue weighted by atomic mass is 16.5. The zero-order valence-corrected chi connectivity index (χ0v) is 26.3. The summed E-state index contributed by atoms with van der Waals surface area (Å²) in [5, 5.41) is 0. The Hall–Kier alpha value is -2.66. The Morgan fingerprint density at radius 1 is 0.927 bits per heavy atom. The van der Waals surface area contributed by atoms with Crippen molar-refractivity contribution in [2.24, 2.45) is 16.7 Å². The fourth-order valence-corrected chi connectivity index (χ4v) is 7.07. The first-order valence-corrected chi connectivity index (χ1v) is 15.6. The van der Waals surface area contributed by atoms with Crippen LogP contribution in [0, 0.1) is 16.7 Å². The van der Waals surface area contributed by atoms with Crippen LogP contribution < -0.4 is 9.47 Å². The molecule has 5 heteroatoms. The summed E-state index contributed by atoms with van der Waals surface area (Å²) in [5.74, 6) is 2.16. The van der Waals surface area contributed by atoms with Crippen LogP contribution in [0.2, 0.25) is 0 Å². The molecule has 0 aromatic heterocycles.